The van der Waals surface area contributed by atoms with Crippen molar-refractivity contribution < 1.29 is 9.53 Å². The van der Waals surface area contributed by atoms with Crippen LogP contribution in [-0.4, -0.2) is 40.6 Å². The Morgan fingerprint density at radius 1 is 1.06 bits per heavy atom. The lowest BCUT2D eigenvalue weighted by molar-refractivity contribution is -0.141. The minimum atomic E-state index is -0.597. The van der Waals surface area contributed by atoms with Crippen LogP contribution in [0.5, 0.6) is 0 Å². The Balaban J connectivity index is 1.42. The van der Waals surface area contributed by atoms with E-state index in [0.29, 0.717) is 12.4 Å². The molecule has 1 aliphatic rings. The molecule has 5 rings (SSSR count). The number of rotatable bonds is 7. The fraction of sp³-hybridized carbons (Fsp3) is 0.214. The number of esters is 1. The second kappa shape index (κ2) is 10.3. The Bertz CT molecular complexity index is 1300. The molecule has 0 saturated heterocycles. The van der Waals surface area contributed by atoms with Crippen molar-refractivity contribution in [3.8, 4) is 11.3 Å². The molecule has 0 aliphatic carbocycles. The first-order chi connectivity index (χ1) is 17.2. The number of fused-ring (bicyclic) bond motifs is 1. The molecule has 7 heteroatoms. The maximum atomic E-state index is 12.5. The fourth-order valence-corrected chi connectivity index (χ4v) is 4.38. The minimum absolute atomic E-state index is 0.357. The minimum Gasteiger partial charge on any atom is -0.467 e. The summed E-state index contributed by atoms with van der Waals surface area (Å²) in [6.45, 7) is 0.839. The summed E-state index contributed by atoms with van der Waals surface area (Å²) in [5.74, 6) is 0.806. The molecular weight excluding hydrogens is 438 g/mol. The van der Waals surface area contributed by atoms with E-state index in [2.05, 4.69) is 33.4 Å². The van der Waals surface area contributed by atoms with Crippen LogP contribution < -0.4 is 10.2 Å². The molecule has 176 valence electrons. The average molecular weight is 466 g/mol. The molecule has 0 saturated carbocycles. The summed E-state index contributed by atoms with van der Waals surface area (Å²) in [6.07, 6.45) is 6.14. The number of methoxy groups -OCH3 is 1. The zero-order valence-corrected chi connectivity index (χ0v) is 19.6. The lowest BCUT2D eigenvalue weighted by atomic mass is 10.0. The zero-order valence-electron chi connectivity index (χ0n) is 19.6. The highest BCUT2D eigenvalue weighted by molar-refractivity contribution is 5.79. The van der Waals surface area contributed by atoms with Crippen molar-refractivity contribution in [1.29, 1.82) is 0 Å². The van der Waals surface area contributed by atoms with Gasteiger partial charge in [0.25, 0.3) is 0 Å². The molecule has 1 atom stereocenters. The number of nitrogens with zero attached hydrogens (tertiary/aromatic N) is 4. The predicted octanol–water partition coefficient (Wildman–Crippen LogP) is 4.82. The van der Waals surface area contributed by atoms with Crippen LogP contribution in [0.4, 0.5) is 17.5 Å². The normalized spacial score (nSPS) is 13.6. The summed E-state index contributed by atoms with van der Waals surface area (Å²) < 4.78 is 5.03. The number of pyridine rings is 1. The SMILES string of the molecule is COC(=O)[C@@H](Cc1ccccc1)Nc1nccc(N2CCCc3cnc(-c4ccccc4)cc32)n1. The summed E-state index contributed by atoms with van der Waals surface area (Å²) in [5.41, 5.74) is 5.33. The van der Waals surface area contributed by atoms with Gasteiger partial charge in [0.05, 0.1) is 12.8 Å². The van der Waals surface area contributed by atoms with Crippen molar-refractivity contribution in [3.05, 3.63) is 96.3 Å². The van der Waals surface area contributed by atoms with Crippen LogP contribution in [0.3, 0.4) is 0 Å². The van der Waals surface area contributed by atoms with Crippen LogP contribution in [0.25, 0.3) is 11.3 Å². The van der Waals surface area contributed by atoms with E-state index in [1.54, 1.807) is 6.20 Å². The largest absolute Gasteiger partial charge is 0.467 e. The monoisotopic (exact) mass is 465 g/mol. The number of ether oxygens (including phenoxy) is 1. The van der Waals surface area contributed by atoms with Crippen LogP contribution in [0.15, 0.2) is 85.2 Å². The van der Waals surface area contributed by atoms with Crippen molar-refractivity contribution in [3.63, 3.8) is 0 Å². The Morgan fingerprint density at radius 2 is 1.83 bits per heavy atom. The van der Waals surface area contributed by atoms with E-state index in [-0.39, 0.29) is 5.97 Å². The summed E-state index contributed by atoms with van der Waals surface area (Å²) in [6, 6.07) is 23.4. The molecule has 1 N–H and O–H groups in total. The topological polar surface area (TPSA) is 80.2 Å². The highest BCUT2D eigenvalue weighted by Gasteiger charge is 2.23. The second-order valence-electron chi connectivity index (χ2n) is 8.47. The van der Waals surface area contributed by atoms with E-state index in [0.717, 1.165) is 47.7 Å². The highest BCUT2D eigenvalue weighted by atomic mass is 16.5. The molecule has 0 unspecified atom stereocenters. The van der Waals surface area contributed by atoms with Crippen molar-refractivity contribution >= 4 is 23.4 Å². The second-order valence-corrected chi connectivity index (χ2v) is 8.47. The number of hydrogen-bond donors (Lipinski definition) is 1. The molecule has 0 radical (unpaired) electrons. The molecule has 3 heterocycles. The quantitative estimate of drug-likeness (QED) is 0.392. The number of nitrogens with one attached hydrogen (secondary N) is 1. The van der Waals surface area contributed by atoms with E-state index in [4.69, 9.17) is 14.7 Å². The summed E-state index contributed by atoms with van der Waals surface area (Å²) in [5, 5.41) is 3.18. The number of carbonyl (C=O) groups excluding carboxylic acids is 1. The molecular formula is C28H27N5O2. The van der Waals surface area contributed by atoms with E-state index >= 15 is 0 Å². The lowest BCUT2D eigenvalue weighted by Gasteiger charge is -2.30. The number of aromatic nitrogens is 3. The van der Waals surface area contributed by atoms with Crippen LogP contribution in [0.1, 0.15) is 17.5 Å². The Labute approximate surface area is 204 Å². The Morgan fingerprint density at radius 3 is 2.60 bits per heavy atom. The van der Waals surface area contributed by atoms with Gasteiger partial charge in [-0.25, -0.2) is 9.78 Å². The van der Waals surface area contributed by atoms with Gasteiger partial charge in [-0.15, -0.1) is 0 Å². The third-order valence-corrected chi connectivity index (χ3v) is 6.14. The molecule has 0 bridgehead atoms. The highest BCUT2D eigenvalue weighted by Crippen LogP contribution is 2.34. The lowest BCUT2D eigenvalue weighted by Crippen LogP contribution is -2.34. The number of aryl methyl sites for hydroxylation is 1. The molecule has 4 aromatic rings. The van der Waals surface area contributed by atoms with Gasteiger partial charge in [-0.3, -0.25) is 4.98 Å². The van der Waals surface area contributed by atoms with Crippen LogP contribution in [0.2, 0.25) is 0 Å². The van der Waals surface area contributed by atoms with Gasteiger partial charge >= 0.3 is 5.97 Å². The maximum absolute atomic E-state index is 12.5. The summed E-state index contributed by atoms with van der Waals surface area (Å²) in [7, 11) is 1.39. The van der Waals surface area contributed by atoms with Gasteiger partial charge in [0.2, 0.25) is 5.95 Å². The average Bonchev–Trinajstić information content (AvgIpc) is 2.93. The van der Waals surface area contributed by atoms with Crippen molar-refractivity contribution in [2.75, 3.05) is 23.9 Å². The Kier molecular flexibility index (Phi) is 6.66. The molecule has 0 amide bonds. The van der Waals surface area contributed by atoms with E-state index < -0.39 is 6.04 Å². The van der Waals surface area contributed by atoms with Crippen molar-refractivity contribution in [1.82, 2.24) is 15.0 Å². The van der Waals surface area contributed by atoms with E-state index in [9.17, 15) is 4.79 Å². The van der Waals surface area contributed by atoms with Gasteiger partial charge in [0, 0.05) is 36.6 Å². The van der Waals surface area contributed by atoms with Crippen molar-refractivity contribution in [2.24, 2.45) is 0 Å². The van der Waals surface area contributed by atoms with Gasteiger partial charge in [-0.1, -0.05) is 60.7 Å². The van der Waals surface area contributed by atoms with E-state index in [1.165, 1.54) is 12.7 Å². The third kappa shape index (κ3) is 5.14. The molecule has 2 aromatic heterocycles. The molecule has 7 nitrogen and oxygen atoms in total. The summed E-state index contributed by atoms with van der Waals surface area (Å²) in [4.78, 5) is 28.5. The smallest absolute Gasteiger partial charge is 0.328 e. The number of carbonyl (C=O) groups is 1. The molecule has 35 heavy (non-hydrogen) atoms. The van der Waals surface area contributed by atoms with Crippen molar-refractivity contribution in [2.45, 2.75) is 25.3 Å². The number of benzene rings is 2. The van der Waals surface area contributed by atoms with Gasteiger partial charge in [0.15, 0.2) is 0 Å². The first kappa shape index (κ1) is 22.5. The number of anilines is 3. The van der Waals surface area contributed by atoms with Gasteiger partial charge < -0.3 is 15.0 Å². The third-order valence-electron chi connectivity index (χ3n) is 6.14. The molecule has 2 aromatic carbocycles. The zero-order chi connectivity index (χ0) is 24.0. The fourth-order valence-electron chi connectivity index (χ4n) is 4.38. The molecule has 0 fully saturated rings. The van der Waals surface area contributed by atoms with Gasteiger partial charge in [-0.2, -0.15) is 4.98 Å². The molecule has 1 aliphatic heterocycles. The first-order valence-electron chi connectivity index (χ1n) is 11.7. The standard InChI is InChI=1S/C28H27N5O2/c1-35-27(34)24(17-20-9-4-2-5-10-20)31-28-29-15-14-26(32-28)33-16-8-13-22-19-30-23(18-25(22)33)21-11-6-3-7-12-21/h2-7,9-12,14-15,18-19,24H,8,13,16-17H2,1H3,(H,29,31,32)/t24-/m1/s1. The van der Waals surface area contributed by atoms with Crippen LogP contribution >= 0.6 is 0 Å². The maximum Gasteiger partial charge on any atom is 0.328 e. The van der Waals surface area contributed by atoms with Gasteiger partial charge in [0.1, 0.15) is 11.9 Å². The van der Waals surface area contributed by atoms with Gasteiger partial charge in [-0.05, 0) is 36.1 Å². The summed E-state index contributed by atoms with van der Waals surface area (Å²) >= 11 is 0. The predicted molar refractivity (Wildman–Crippen MR) is 137 cm³/mol. The first-order valence-corrected chi connectivity index (χ1v) is 11.7. The van der Waals surface area contributed by atoms with Crippen LogP contribution in [-0.2, 0) is 22.4 Å². The Hall–Kier alpha value is -4.26. The van der Waals surface area contributed by atoms with Crippen LogP contribution in [0, 0.1) is 0 Å². The number of hydrogen-bond acceptors (Lipinski definition) is 7. The van der Waals surface area contributed by atoms with E-state index in [1.807, 2.05) is 60.8 Å². The molecule has 0 spiro atoms.